The Morgan fingerprint density at radius 1 is 1.23 bits per heavy atom. The van der Waals surface area contributed by atoms with E-state index in [2.05, 4.69) is 19.1 Å². The predicted octanol–water partition coefficient (Wildman–Crippen LogP) is 3.59. The van der Waals surface area contributed by atoms with Gasteiger partial charge in [-0.05, 0) is 74.6 Å². The SMILES string of the molecule is CC1CCCN(C(=O)C(C)Oc2ccc3c(c2)CCCC3)C1. The van der Waals surface area contributed by atoms with Gasteiger partial charge in [0.15, 0.2) is 6.10 Å². The third-order valence-electron chi connectivity index (χ3n) is 4.95. The number of hydrogen-bond donors (Lipinski definition) is 0. The van der Waals surface area contributed by atoms with Gasteiger partial charge in [-0.3, -0.25) is 4.79 Å². The predicted molar refractivity (Wildman–Crippen MR) is 88.2 cm³/mol. The number of carbonyl (C=O) groups is 1. The molecule has 2 aliphatic rings. The first-order valence-electron chi connectivity index (χ1n) is 8.71. The first-order chi connectivity index (χ1) is 10.6. The lowest BCUT2D eigenvalue weighted by Gasteiger charge is -2.32. The Hall–Kier alpha value is -1.51. The fraction of sp³-hybridized carbons (Fsp3) is 0.632. The maximum Gasteiger partial charge on any atom is 0.263 e. The summed E-state index contributed by atoms with van der Waals surface area (Å²) in [6.07, 6.45) is 6.80. The number of carbonyl (C=O) groups excluding carboxylic acids is 1. The molecule has 120 valence electrons. The van der Waals surface area contributed by atoms with E-state index in [1.54, 1.807) is 0 Å². The second-order valence-corrected chi connectivity index (χ2v) is 6.93. The molecule has 0 radical (unpaired) electrons. The molecule has 1 amide bonds. The zero-order valence-electron chi connectivity index (χ0n) is 13.8. The third kappa shape index (κ3) is 3.45. The molecule has 3 heteroatoms. The second-order valence-electron chi connectivity index (χ2n) is 6.93. The number of ether oxygens (including phenoxy) is 1. The Bertz CT molecular complexity index is 540. The Morgan fingerprint density at radius 3 is 2.77 bits per heavy atom. The number of fused-ring (bicyclic) bond motifs is 1. The van der Waals surface area contributed by atoms with Gasteiger partial charge in [0.25, 0.3) is 5.91 Å². The number of rotatable bonds is 3. The molecule has 1 heterocycles. The molecule has 0 aromatic heterocycles. The zero-order valence-corrected chi connectivity index (χ0v) is 13.8. The minimum absolute atomic E-state index is 0.129. The molecule has 0 bridgehead atoms. The van der Waals surface area contributed by atoms with E-state index >= 15 is 0 Å². The minimum atomic E-state index is -0.396. The molecule has 3 nitrogen and oxygen atoms in total. The topological polar surface area (TPSA) is 29.5 Å². The van der Waals surface area contributed by atoms with Crippen LogP contribution in [0.2, 0.25) is 0 Å². The highest BCUT2D eigenvalue weighted by Crippen LogP contribution is 2.26. The van der Waals surface area contributed by atoms with Crippen molar-refractivity contribution in [1.82, 2.24) is 4.90 Å². The van der Waals surface area contributed by atoms with Crippen LogP contribution < -0.4 is 4.74 Å². The zero-order chi connectivity index (χ0) is 15.5. The monoisotopic (exact) mass is 301 g/mol. The Kier molecular flexibility index (Phi) is 4.70. The molecule has 1 aliphatic carbocycles. The van der Waals surface area contributed by atoms with Gasteiger partial charge in [0.05, 0.1) is 0 Å². The highest BCUT2D eigenvalue weighted by molar-refractivity contribution is 5.81. The summed E-state index contributed by atoms with van der Waals surface area (Å²) in [6.45, 7) is 5.84. The summed E-state index contributed by atoms with van der Waals surface area (Å²) in [6, 6.07) is 6.33. The Labute approximate surface area is 133 Å². The first kappa shape index (κ1) is 15.4. The molecule has 3 rings (SSSR count). The first-order valence-corrected chi connectivity index (χ1v) is 8.71. The number of hydrogen-bond acceptors (Lipinski definition) is 2. The Morgan fingerprint density at radius 2 is 2.00 bits per heavy atom. The van der Waals surface area contributed by atoms with Gasteiger partial charge in [0.1, 0.15) is 5.75 Å². The maximum atomic E-state index is 12.5. The molecule has 2 atom stereocenters. The molecule has 1 aromatic rings. The molecule has 0 saturated carbocycles. The smallest absolute Gasteiger partial charge is 0.263 e. The fourth-order valence-corrected chi connectivity index (χ4v) is 3.68. The van der Waals surface area contributed by atoms with Crippen molar-refractivity contribution in [2.24, 2.45) is 5.92 Å². The fourth-order valence-electron chi connectivity index (χ4n) is 3.68. The number of amides is 1. The van der Waals surface area contributed by atoms with Crippen LogP contribution in [0.15, 0.2) is 18.2 Å². The van der Waals surface area contributed by atoms with E-state index < -0.39 is 6.10 Å². The lowest BCUT2D eigenvalue weighted by atomic mass is 9.92. The molecule has 1 fully saturated rings. The molecule has 1 saturated heterocycles. The lowest BCUT2D eigenvalue weighted by molar-refractivity contribution is -0.139. The quantitative estimate of drug-likeness (QED) is 0.854. The van der Waals surface area contributed by atoms with Crippen LogP contribution in [-0.2, 0) is 17.6 Å². The average Bonchev–Trinajstić information content (AvgIpc) is 2.54. The van der Waals surface area contributed by atoms with Crippen LogP contribution in [0.1, 0.15) is 50.7 Å². The number of nitrogens with zero attached hydrogens (tertiary/aromatic N) is 1. The van der Waals surface area contributed by atoms with Crippen LogP contribution in [0.5, 0.6) is 5.75 Å². The van der Waals surface area contributed by atoms with Gasteiger partial charge >= 0.3 is 0 Å². The van der Waals surface area contributed by atoms with Gasteiger partial charge in [-0.15, -0.1) is 0 Å². The number of aryl methyl sites for hydroxylation is 2. The van der Waals surface area contributed by atoms with Gasteiger partial charge < -0.3 is 9.64 Å². The van der Waals surface area contributed by atoms with E-state index in [1.165, 1.54) is 36.8 Å². The van der Waals surface area contributed by atoms with Crippen molar-refractivity contribution in [2.75, 3.05) is 13.1 Å². The average molecular weight is 301 g/mol. The van der Waals surface area contributed by atoms with Crippen molar-refractivity contribution in [2.45, 2.75) is 58.5 Å². The maximum absolute atomic E-state index is 12.5. The lowest BCUT2D eigenvalue weighted by Crippen LogP contribution is -2.45. The van der Waals surface area contributed by atoms with Gasteiger partial charge in [-0.25, -0.2) is 0 Å². The van der Waals surface area contributed by atoms with Crippen molar-refractivity contribution < 1.29 is 9.53 Å². The second kappa shape index (κ2) is 6.72. The Balaban J connectivity index is 1.63. The van der Waals surface area contributed by atoms with Crippen molar-refractivity contribution >= 4 is 5.91 Å². The van der Waals surface area contributed by atoms with Crippen LogP contribution in [-0.4, -0.2) is 30.0 Å². The summed E-state index contributed by atoms with van der Waals surface area (Å²) in [5.74, 6) is 1.57. The largest absolute Gasteiger partial charge is 0.481 e. The summed E-state index contributed by atoms with van der Waals surface area (Å²) < 4.78 is 5.94. The van der Waals surface area contributed by atoms with Crippen molar-refractivity contribution in [3.63, 3.8) is 0 Å². The van der Waals surface area contributed by atoms with E-state index in [0.717, 1.165) is 31.7 Å². The number of likely N-dealkylation sites (tertiary alicyclic amines) is 1. The standard InChI is InChI=1S/C19H27NO2/c1-14-6-5-11-20(13-14)19(21)15(2)22-18-10-9-16-7-3-4-8-17(16)12-18/h9-10,12,14-15H,3-8,11,13H2,1-2H3. The van der Waals surface area contributed by atoms with Crippen molar-refractivity contribution in [3.05, 3.63) is 29.3 Å². The normalized spacial score (nSPS) is 22.8. The van der Waals surface area contributed by atoms with Gasteiger partial charge in [0.2, 0.25) is 0 Å². The number of piperidine rings is 1. The van der Waals surface area contributed by atoms with Crippen molar-refractivity contribution in [1.29, 1.82) is 0 Å². The van der Waals surface area contributed by atoms with Crippen LogP contribution in [0, 0.1) is 5.92 Å². The third-order valence-corrected chi connectivity index (χ3v) is 4.95. The van der Waals surface area contributed by atoms with Gasteiger partial charge in [-0.2, -0.15) is 0 Å². The van der Waals surface area contributed by atoms with Crippen LogP contribution in [0.3, 0.4) is 0 Å². The van der Waals surface area contributed by atoms with Crippen LogP contribution >= 0.6 is 0 Å². The summed E-state index contributed by atoms with van der Waals surface area (Å²) in [7, 11) is 0. The summed E-state index contributed by atoms with van der Waals surface area (Å²) in [5.41, 5.74) is 2.84. The molecule has 2 unspecified atom stereocenters. The van der Waals surface area contributed by atoms with E-state index in [9.17, 15) is 4.79 Å². The van der Waals surface area contributed by atoms with Crippen LogP contribution in [0.25, 0.3) is 0 Å². The summed E-state index contributed by atoms with van der Waals surface area (Å²) in [5, 5.41) is 0. The summed E-state index contributed by atoms with van der Waals surface area (Å²) in [4.78, 5) is 14.5. The van der Waals surface area contributed by atoms with Gasteiger partial charge in [0, 0.05) is 13.1 Å². The highest BCUT2D eigenvalue weighted by Gasteiger charge is 2.26. The molecular formula is C19H27NO2. The molecule has 1 aromatic carbocycles. The molecular weight excluding hydrogens is 274 g/mol. The highest BCUT2D eigenvalue weighted by atomic mass is 16.5. The minimum Gasteiger partial charge on any atom is -0.481 e. The van der Waals surface area contributed by atoms with Gasteiger partial charge in [-0.1, -0.05) is 13.0 Å². The van der Waals surface area contributed by atoms with E-state index in [0.29, 0.717) is 5.92 Å². The van der Waals surface area contributed by atoms with E-state index in [-0.39, 0.29) is 5.91 Å². The van der Waals surface area contributed by atoms with E-state index in [4.69, 9.17) is 4.74 Å². The molecule has 1 aliphatic heterocycles. The molecule has 0 N–H and O–H groups in total. The number of benzene rings is 1. The summed E-state index contributed by atoms with van der Waals surface area (Å²) >= 11 is 0. The molecule has 22 heavy (non-hydrogen) atoms. The van der Waals surface area contributed by atoms with Crippen LogP contribution in [0.4, 0.5) is 0 Å². The molecule has 0 spiro atoms. The van der Waals surface area contributed by atoms with Crippen molar-refractivity contribution in [3.8, 4) is 5.75 Å². The van der Waals surface area contributed by atoms with E-state index in [1.807, 2.05) is 17.9 Å².